The molecule has 1 atom stereocenters. The van der Waals surface area contributed by atoms with Crippen molar-refractivity contribution >= 4 is 15.7 Å². The van der Waals surface area contributed by atoms with Crippen LogP contribution in [0.5, 0.6) is 0 Å². The molecule has 0 radical (unpaired) electrons. The van der Waals surface area contributed by atoms with Gasteiger partial charge in [0.05, 0.1) is 11.9 Å². The average Bonchev–Trinajstić information content (AvgIpc) is 2.29. The van der Waals surface area contributed by atoms with Crippen LogP contribution in [-0.2, 0) is 20.5 Å². The monoisotopic (exact) mass is 258 g/mol. The second-order valence-electron chi connectivity index (χ2n) is 3.90. The number of sulfonamides is 1. The third kappa shape index (κ3) is 5.16. The zero-order valence-electron chi connectivity index (χ0n) is 10.0. The molecule has 96 valence electrons. The van der Waals surface area contributed by atoms with Gasteiger partial charge in [0.1, 0.15) is 0 Å². The van der Waals surface area contributed by atoms with E-state index in [-0.39, 0.29) is 18.4 Å². The molecule has 1 aromatic carbocycles. The quantitative estimate of drug-likeness (QED) is 0.737. The topological polar surface area (TPSA) is 81.4 Å². The highest BCUT2D eigenvalue weighted by Gasteiger charge is 2.12. The molecule has 17 heavy (non-hydrogen) atoms. The first-order chi connectivity index (χ1) is 7.93. The predicted octanol–water partition coefficient (Wildman–Crippen LogP) is 0.723. The Hall–Kier alpha value is -1.11. The maximum atomic E-state index is 11.7. The number of nitrogens with one attached hydrogen (secondary N) is 1. The van der Waals surface area contributed by atoms with Gasteiger partial charge >= 0.3 is 0 Å². The lowest BCUT2D eigenvalue weighted by atomic mass is 10.2. The van der Waals surface area contributed by atoms with E-state index in [1.54, 1.807) is 38.3 Å². The molecule has 0 saturated carbocycles. The summed E-state index contributed by atoms with van der Waals surface area (Å²) in [5, 5.41) is 0. The Morgan fingerprint density at radius 3 is 2.47 bits per heavy atom. The third-order valence-electron chi connectivity index (χ3n) is 2.33. The van der Waals surface area contributed by atoms with Crippen molar-refractivity contribution in [2.75, 3.05) is 19.4 Å². The van der Waals surface area contributed by atoms with E-state index in [2.05, 4.69) is 4.72 Å². The van der Waals surface area contributed by atoms with Gasteiger partial charge in [-0.3, -0.25) is 0 Å². The zero-order chi connectivity index (χ0) is 12.9. The number of rotatable bonds is 6. The molecule has 0 fully saturated rings. The van der Waals surface area contributed by atoms with Gasteiger partial charge in [0.2, 0.25) is 10.0 Å². The SMILES string of the molecule is COC(C)CNS(=O)(=O)Cc1ccc(N)cc1. The summed E-state index contributed by atoms with van der Waals surface area (Å²) in [5.41, 5.74) is 6.85. The van der Waals surface area contributed by atoms with Crippen molar-refractivity contribution in [2.45, 2.75) is 18.8 Å². The molecule has 1 aromatic rings. The lowest BCUT2D eigenvalue weighted by molar-refractivity contribution is 0.122. The number of benzene rings is 1. The Morgan fingerprint density at radius 1 is 1.35 bits per heavy atom. The van der Waals surface area contributed by atoms with E-state index in [0.29, 0.717) is 11.3 Å². The van der Waals surface area contributed by atoms with E-state index < -0.39 is 10.0 Å². The average molecular weight is 258 g/mol. The molecule has 0 aliphatic rings. The minimum Gasteiger partial charge on any atom is -0.399 e. The van der Waals surface area contributed by atoms with Crippen LogP contribution in [0.25, 0.3) is 0 Å². The molecule has 0 saturated heterocycles. The first-order valence-corrected chi connectivity index (χ1v) is 6.93. The second-order valence-corrected chi connectivity index (χ2v) is 5.70. The van der Waals surface area contributed by atoms with Gasteiger partial charge in [-0.2, -0.15) is 0 Å². The highest BCUT2D eigenvalue weighted by Crippen LogP contribution is 2.08. The largest absolute Gasteiger partial charge is 0.399 e. The molecule has 1 unspecified atom stereocenters. The lowest BCUT2D eigenvalue weighted by Crippen LogP contribution is -2.32. The summed E-state index contributed by atoms with van der Waals surface area (Å²) < 4.78 is 30.9. The predicted molar refractivity (Wildman–Crippen MR) is 68.0 cm³/mol. The normalized spacial score (nSPS) is 13.5. The first-order valence-electron chi connectivity index (χ1n) is 5.27. The van der Waals surface area contributed by atoms with E-state index in [1.807, 2.05) is 0 Å². The van der Waals surface area contributed by atoms with Crippen molar-refractivity contribution in [1.29, 1.82) is 0 Å². The van der Waals surface area contributed by atoms with Gasteiger partial charge in [0.15, 0.2) is 0 Å². The summed E-state index contributed by atoms with van der Waals surface area (Å²) in [4.78, 5) is 0. The minimum atomic E-state index is -3.32. The zero-order valence-corrected chi connectivity index (χ0v) is 10.8. The number of hydrogen-bond donors (Lipinski definition) is 2. The minimum absolute atomic E-state index is 0.0519. The summed E-state index contributed by atoms with van der Waals surface area (Å²) in [5.74, 6) is -0.0519. The Kier molecular flexibility index (Phi) is 4.92. The summed E-state index contributed by atoms with van der Waals surface area (Å²) in [6, 6.07) is 6.77. The van der Waals surface area contributed by atoms with Gasteiger partial charge in [0, 0.05) is 19.3 Å². The van der Waals surface area contributed by atoms with Gasteiger partial charge < -0.3 is 10.5 Å². The van der Waals surface area contributed by atoms with E-state index >= 15 is 0 Å². The van der Waals surface area contributed by atoms with Crippen LogP contribution in [0.1, 0.15) is 12.5 Å². The first kappa shape index (κ1) is 14.0. The Bertz CT molecular complexity index is 442. The Morgan fingerprint density at radius 2 is 1.94 bits per heavy atom. The molecule has 6 heteroatoms. The van der Waals surface area contributed by atoms with Crippen LogP contribution >= 0.6 is 0 Å². The fraction of sp³-hybridized carbons (Fsp3) is 0.455. The van der Waals surface area contributed by atoms with Crippen molar-refractivity contribution < 1.29 is 13.2 Å². The van der Waals surface area contributed by atoms with Gasteiger partial charge in [-0.25, -0.2) is 13.1 Å². The third-order valence-corrected chi connectivity index (χ3v) is 3.65. The van der Waals surface area contributed by atoms with E-state index in [0.717, 1.165) is 0 Å². The van der Waals surface area contributed by atoms with Gasteiger partial charge in [0.25, 0.3) is 0 Å². The van der Waals surface area contributed by atoms with Crippen molar-refractivity contribution in [1.82, 2.24) is 4.72 Å². The van der Waals surface area contributed by atoms with Gasteiger partial charge in [-0.1, -0.05) is 12.1 Å². The van der Waals surface area contributed by atoms with Crippen LogP contribution in [0.2, 0.25) is 0 Å². The summed E-state index contributed by atoms with van der Waals surface area (Å²) in [6.07, 6.45) is -0.142. The molecule has 1 rings (SSSR count). The van der Waals surface area contributed by atoms with Crippen molar-refractivity contribution in [3.8, 4) is 0 Å². The number of methoxy groups -OCH3 is 1. The maximum Gasteiger partial charge on any atom is 0.215 e. The van der Waals surface area contributed by atoms with Crippen molar-refractivity contribution in [3.63, 3.8) is 0 Å². The van der Waals surface area contributed by atoms with Crippen molar-refractivity contribution in [2.24, 2.45) is 0 Å². The molecule has 0 aliphatic carbocycles. The molecule has 0 aliphatic heterocycles. The van der Waals surface area contributed by atoms with E-state index in [9.17, 15) is 8.42 Å². The molecule has 0 spiro atoms. The number of anilines is 1. The fourth-order valence-electron chi connectivity index (χ4n) is 1.21. The number of hydrogen-bond acceptors (Lipinski definition) is 4. The van der Waals surface area contributed by atoms with Crippen LogP contribution in [0, 0.1) is 0 Å². The number of ether oxygens (including phenoxy) is 1. The molecular weight excluding hydrogens is 240 g/mol. The van der Waals surface area contributed by atoms with E-state index in [1.165, 1.54) is 0 Å². The highest BCUT2D eigenvalue weighted by molar-refractivity contribution is 7.88. The summed E-state index contributed by atoms with van der Waals surface area (Å²) in [7, 11) is -1.78. The van der Waals surface area contributed by atoms with Crippen LogP contribution in [0.3, 0.4) is 0 Å². The van der Waals surface area contributed by atoms with Crippen LogP contribution in [0.15, 0.2) is 24.3 Å². The smallest absolute Gasteiger partial charge is 0.215 e. The van der Waals surface area contributed by atoms with Crippen molar-refractivity contribution in [3.05, 3.63) is 29.8 Å². The van der Waals surface area contributed by atoms with Crippen LogP contribution in [0.4, 0.5) is 5.69 Å². The van der Waals surface area contributed by atoms with Gasteiger partial charge in [-0.05, 0) is 24.6 Å². The molecule has 3 N–H and O–H groups in total. The summed E-state index contributed by atoms with van der Waals surface area (Å²) in [6.45, 7) is 2.07. The second kappa shape index (κ2) is 6.00. The lowest BCUT2D eigenvalue weighted by Gasteiger charge is -2.11. The van der Waals surface area contributed by atoms with Gasteiger partial charge in [-0.15, -0.1) is 0 Å². The Labute approximate surface area is 102 Å². The van der Waals surface area contributed by atoms with Crippen LogP contribution in [-0.4, -0.2) is 28.2 Å². The fourth-order valence-corrected chi connectivity index (χ4v) is 2.43. The molecule has 0 aromatic heterocycles. The molecule has 0 bridgehead atoms. The maximum absolute atomic E-state index is 11.7. The van der Waals surface area contributed by atoms with Crippen LogP contribution < -0.4 is 10.5 Å². The summed E-state index contributed by atoms with van der Waals surface area (Å²) >= 11 is 0. The molecule has 0 heterocycles. The molecule has 0 amide bonds. The highest BCUT2D eigenvalue weighted by atomic mass is 32.2. The number of nitrogen functional groups attached to an aromatic ring is 1. The van der Waals surface area contributed by atoms with E-state index in [4.69, 9.17) is 10.5 Å². The number of nitrogens with two attached hydrogens (primary N) is 1. The Balaban J connectivity index is 2.57. The molecular formula is C11H18N2O3S. The molecule has 5 nitrogen and oxygen atoms in total. The standard InChI is InChI=1S/C11H18N2O3S/c1-9(16-2)7-13-17(14,15)8-10-3-5-11(12)6-4-10/h3-6,9,13H,7-8,12H2,1-2H3.